The van der Waals surface area contributed by atoms with Crippen LogP contribution in [0, 0.1) is 5.82 Å². The molecule has 182 valence electrons. The molecule has 35 heavy (non-hydrogen) atoms. The molecule has 4 rings (SSSR count). The summed E-state index contributed by atoms with van der Waals surface area (Å²) >= 11 is 0. The Morgan fingerprint density at radius 2 is 1.63 bits per heavy atom. The highest BCUT2D eigenvalue weighted by Gasteiger charge is 2.23. The number of aliphatic hydroxyl groups is 1. The normalized spacial score (nSPS) is 12.1. The lowest BCUT2D eigenvalue weighted by atomic mass is 10.1. The average molecular weight is 476 g/mol. The maximum absolute atomic E-state index is 13.4. The lowest BCUT2D eigenvalue weighted by molar-refractivity contribution is 0.0846. The number of methoxy groups -OCH3 is 1. The van der Waals surface area contributed by atoms with Crippen LogP contribution in [0.2, 0.25) is 0 Å². The topological polar surface area (TPSA) is 59.8 Å². The molecule has 1 N–H and O–H groups in total. The van der Waals surface area contributed by atoms with Crippen LogP contribution in [0.15, 0.2) is 84.9 Å². The summed E-state index contributed by atoms with van der Waals surface area (Å²) in [5, 5.41) is 15.7. The van der Waals surface area contributed by atoms with E-state index in [4.69, 9.17) is 14.6 Å². The second kappa shape index (κ2) is 11.8. The van der Waals surface area contributed by atoms with Gasteiger partial charge in [-0.2, -0.15) is 5.10 Å². The Morgan fingerprint density at radius 3 is 2.29 bits per heavy atom. The maximum Gasteiger partial charge on any atom is 0.222 e. The molecule has 0 amide bonds. The zero-order valence-corrected chi connectivity index (χ0v) is 20.0. The fourth-order valence-corrected chi connectivity index (χ4v) is 3.97. The van der Waals surface area contributed by atoms with E-state index in [1.165, 1.54) is 12.1 Å². The molecule has 1 atom stereocenters. The zero-order valence-electron chi connectivity index (χ0n) is 20.0. The first-order valence-corrected chi connectivity index (χ1v) is 11.5. The van der Waals surface area contributed by atoms with Gasteiger partial charge in [0.05, 0.1) is 18.3 Å². The predicted molar refractivity (Wildman–Crippen MR) is 134 cm³/mol. The van der Waals surface area contributed by atoms with Crippen LogP contribution in [-0.4, -0.2) is 46.6 Å². The summed E-state index contributed by atoms with van der Waals surface area (Å²) in [6.07, 6.45) is -0.661. The molecule has 1 heterocycles. The van der Waals surface area contributed by atoms with Gasteiger partial charge in [-0.25, -0.2) is 9.07 Å². The molecule has 0 saturated carbocycles. The van der Waals surface area contributed by atoms with Crippen molar-refractivity contribution < 1.29 is 19.0 Å². The molecule has 1 unspecified atom stereocenters. The van der Waals surface area contributed by atoms with Crippen molar-refractivity contribution in [2.75, 3.05) is 26.8 Å². The highest BCUT2D eigenvalue weighted by atomic mass is 19.1. The summed E-state index contributed by atoms with van der Waals surface area (Å²) in [5.41, 5.74) is 3.48. The molecule has 0 radical (unpaired) electrons. The van der Waals surface area contributed by atoms with Crippen LogP contribution in [-0.2, 0) is 18.3 Å². The molecule has 1 aromatic heterocycles. The summed E-state index contributed by atoms with van der Waals surface area (Å²) in [7, 11) is 3.49. The molecule has 0 spiro atoms. The number of hydrogen-bond donors (Lipinski definition) is 1. The summed E-state index contributed by atoms with van der Waals surface area (Å²) in [4.78, 5) is 2.13. The molecule has 0 bridgehead atoms. The highest BCUT2D eigenvalue weighted by molar-refractivity contribution is 5.65. The lowest BCUT2D eigenvalue weighted by Crippen LogP contribution is -2.31. The largest absolute Gasteiger partial charge is 0.439 e. The van der Waals surface area contributed by atoms with E-state index in [1.54, 1.807) is 23.9 Å². The van der Waals surface area contributed by atoms with Crippen LogP contribution in [0.5, 0.6) is 11.6 Å². The van der Waals surface area contributed by atoms with Crippen molar-refractivity contribution in [3.63, 3.8) is 0 Å². The Kier molecular flexibility index (Phi) is 8.26. The van der Waals surface area contributed by atoms with E-state index >= 15 is 0 Å². The van der Waals surface area contributed by atoms with Crippen LogP contribution < -0.4 is 4.74 Å². The van der Waals surface area contributed by atoms with E-state index in [2.05, 4.69) is 4.90 Å². The second-order valence-corrected chi connectivity index (χ2v) is 8.33. The molecule has 6 nitrogen and oxygen atoms in total. The maximum atomic E-state index is 13.4. The third-order valence-electron chi connectivity index (χ3n) is 5.77. The summed E-state index contributed by atoms with van der Waals surface area (Å²) in [6, 6.07) is 25.4. The van der Waals surface area contributed by atoms with Crippen LogP contribution in [0.1, 0.15) is 17.2 Å². The SMILES string of the molecule is COCCN(Cc1c(-c2ccccc2)nn(C)c1Oc1ccc(F)cc1)CC(O)c1ccccc1. The number of hydrogen-bond acceptors (Lipinski definition) is 5. The predicted octanol–water partition coefficient (Wildman–Crippen LogP) is 5.20. The minimum absolute atomic E-state index is 0.326. The summed E-state index contributed by atoms with van der Waals surface area (Å²) < 4.78 is 26.7. The minimum atomic E-state index is -0.661. The number of aromatic nitrogens is 2. The summed E-state index contributed by atoms with van der Waals surface area (Å²) in [5.74, 6) is 0.753. The Labute approximate surface area is 205 Å². The van der Waals surface area contributed by atoms with Crippen molar-refractivity contribution in [2.24, 2.45) is 7.05 Å². The molecule has 0 fully saturated rings. The van der Waals surface area contributed by atoms with Gasteiger partial charge >= 0.3 is 0 Å². The Balaban J connectivity index is 1.68. The van der Waals surface area contributed by atoms with Crippen LogP contribution in [0.4, 0.5) is 4.39 Å². The van der Waals surface area contributed by atoms with Crippen LogP contribution >= 0.6 is 0 Å². The van der Waals surface area contributed by atoms with Crippen LogP contribution in [0.25, 0.3) is 11.3 Å². The minimum Gasteiger partial charge on any atom is -0.439 e. The molecule has 4 aromatic rings. The van der Waals surface area contributed by atoms with Gasteiger partial charge in [0.15, 0.2) is 0 Å². The standard InChI is InChI=1S/C28H30FN3O3/c1-31-28(35-24-15-13-23(29)14-16-24)25(27(30-31)22-11-7-4-8-12-22)19-32(17-18-34-2)20-26(33)21-9-5-3-6-10-21/h3-16,26,33H,17-20H2,1-2H3. The number of nitrogens with zero attached hydrogens (tertiary/aromatic N) is 3. The Morgan fingerprint density at radius 1 is 0.971 bits per heavy atom. The van der Waals surface area contributed by atoms with Gasteiger partial charge in [-0.15, -0.1) is 0 Å². The number of aliphatic hydroxyl groups excluding tert-OH is 1. The first-order chi connectivity index (χ1) is 17.0. The van der Waals surface area contributed by atoms with Crippen molar-refractivity contribution in [1.29, 1.82) is 0 Å². The quantitative estimate of drug-likeness (QED) is 0.323. The van der Waals surface area contributed by atoms with Crippen molar-refractivity contribution in [1.82, 2.24) is 14.7 Å². The Hall–Kier alpha value is -3.52. The average Bonchev–Trinajstić information content (AvgIpc) is 3.19. The fraction of sp³-hybridized carbons (Fsp3) is 0.250. The van der Waals surface area contributed by atoms with Crippen molar-refractivity contribution in [3.8, 4) is 22.9 Å². The summed E-state index contributed by atoms with van der Waals surface area (Å²) in [6.45, 7) is 2.00. The fourth-order valence-electron chi connectivity index (χ4n) is 3.97. The zero-order chi connectivity index (χ0) is 24.6. The first-order valence-electron chi connectivity index (χ1n) is 11.5. The smallest absolute Gasteiger partial charge is 0.222 e. The van der Waals surface area contributed by atoms with E-state index in [0.29, 0.717) is 37.9 Å². The van der Waals surface area contributed by atoms with Gasteiger partial charge in [0, 0.05) is 39.4 Å². The number of rotatable bonds is 11. The molecule has 0 aliphatic heterocycles. The molecular formula is C28H30FN3O3. The van der Waals surface area contributed by atoms with Crippen molar-refractivity contribution in [3.05, 3.63) is 102 Å². The lowest BCUT2D eigenvalue weighted by Gasteiger charge is -2.25. The first kappa shape index (κ1) is 24.6. The third-order valence-corrected chi connectivity index (χ3v) is 5.77. The van der Waals surface area contributed by atoms with E-state index in [0.717, 1.165) is 22.4 Å². The number of benzene rings is 3. The number of halogens is 1. The number of aryl methyl sites for hydroxylation is 1. The van der Waals surface area contributed by atoms with Gasteiger partial charge in [-0.1, -0.05) is 60.7 Å². The Bertz CT molecular complexity index is 1200. The van der Waals surface area contributed by atoms with E-state index in [1.807, 2.05) is 67.7 Å². The molecule has 0 aliphatic carbocycles. The van der Waals surface area contributed by atoms with E-state index < -0.39 is 6.10 Å². The van der Waals surface area contributed by atoms with Gasteiger partial charge in [0.25, 0.3) is 0 Å². The van der Waals surface area contributed by atoms with Crippen molar-refractivity contribution in [2.45, 2.75) is 12.6 Å². The molecule has 0 saturated heterocycles. The number of ether oxygens (including phenoxy) is 2. The van der Waals surface area contributed by atoms with Gasteiger partial charge in [0.2, 0.25) is 5.88 Å². The van der Waals surface area contributed by atoms with Gasteiger partial charge in [-0.05, 0) is 29.8 Å². The second-order valence-electron chi connectivity index (χ2n) is 8.33. The van der Waals surface area contributed by atoms with Gasteiger partial charge in [0.1, 0.15) is 17.3 Å². The molecule has 7 heteroatoms. The van der Waals surface area contributed by atoms with Gasteiger partial charge < -0.3 is 14.6 Å². The van der Waals surface area contributed by atoms with Crippen LogP contribution in [0.3, 0.4) is 0 Å². The van der Waals surface area contributed by atoms with E-state index in [9.17, 15) is 9.50 Å². The monoisotopic (exact) mass is 475 g/mol. The van der Waals surface area contributed by atoms with Gasteiger partial charge in [-0.3, -0.25) is 4.90 Å². The molecular weight excluding hydrogens is 445 g/mol. The third kappa shape index (κ3) is 6.33. The van der Waals surface area contributed by atoms with Crippen molar-refractivity contribution >= 4 is 0 Å². The van der Waals surface area contributed by atoms with E-state index in [-0.39, 0.29) is 5.82 Å². The molecule has 0 aliphatic rings. The molecule has 3 aromatic carbocycles. The highest BCUT2D eigenvalue weighted by Crippen LogP contribution is 2.34.